The van der Waals surface area contributed by atoms with Crippen LogP contribution in [0.15, 0.2) is 42.5 Å². The van der Waals surface area contributed by atoms with Crippen LogP contribution >= 0.6 is 0 Å². The van der Waals surface area contributed by atoms with Gasteiger partial charge in [0.05, 0.1) is 26.4 Å². The first-order valence-electron chi connectivity index (χ1n) is 7.38. The van der Waals surface area contributed by atoms with Crippen LogP contribution in [0.25, 0.3) is 10.8 Å². The number of aliphatic hydroxyl groups is 3. The third-order valence-corrected chi connectivity index (χ3v) is 3.78. The molecule has 0 unspecified atom stereocenters. The molecular weight excluding hydrogens is 298 g/mol. The summed E-state index contributed by atoms with van der Waals surface area (Å²) >= 11 is 0. The van der Waals surface area contributed by atoms with Gasteiger partial charge in [0.15, 0.2) is 0 Å². The predicted octanol–water partition coefficient (Wildman–Crippen LogP) is 0.298. The average Bonchev–Trinajstić information content (AvgIpc) is 2.61. The van der Waals surface area contributed by atoms with Crippen molar-refractivity contribution in [3.63, 3.8) is 0 Å². The fourth-order valence-corrected chi connectivity index (χ4v) is 2.20. The molecule has 0 saturated heterocycles. The van der Waals surface area contributed by atoms with Gasteiger partial charge in [-0.05, 0) is 11.5 Å². The smallest absolute Gasteiger partial charge is 0.233 e. The van der Waals surface area contributed by atoms with Crippen molar-refractivity contribution in [3.05, 3.63) is 42.5 Å². The van der Waals surface area contributed by atoms with E-state index in [1.165, 1.54) is 0 Å². The van der Waals surface area contributed by atoms with E-state index in [1.807, 2.05) is 42.5 Å². The molecule has 2 aromatic rings. The number of carbonyl (C=O) groups excluding carboxylic acids is 1. The zero-order valence-corrected chi connectivity index (χ0v) is 12.7. The molecule has 2 aromatic carbocycles. The molecule has 0 atom stereocenters. The highest BCUT2D eigenvalue weighted by atomic mass is 16.5. The number of fused-ring (bicyclic) bond motifs is 1. The molecule has 0 aliphatic rings. The van der Waals surface area contributed by atoms with Crippen molar-refractivity contribution in [2.24, 2.45) is 5.41 Å². The van der Waals surface area contributed by atoms with Crippen LogP contribution in [0.5, 0.6) is 5.75 Å². The van der Waals surface area contributed by atoms with Crippen LogP contribution in [-0.4, -0.2) is 54.2 Å². The van der Waals surface area contributed by atoms with E-state index in [0.29, 0.717) is 0 Å². The Balaban J connectivity index is 1.91. The third kappa shape index (κ3) is 3.79. The van der Waals surface area contributed by atoms with Crippen LogP contribution in [-0.2, 0) is 4.79 Å². The minimum Gasteiger partial charge on any atom is -0.491 e. The summed E-state index contributed by atoms with van der Waals surface area (Å²) in [5.74, 6) is 0.113. The van der Waals surface area contributed by atoms with Crippen molar-refractivity contribution in [2.45, 2.75) is 0 Å². The van der Waals surface area contributed by atoms with Gasteiger partial charge in [0.25, 0.3) is 0 Å². The van der Waals surface area contributed by atoms with Crippen molar-refractivity contribution in [3.8, 4) is 5.75 Å². The van der Waals surface area contributed by atoms with Gasteiger partial charge < -0.3 is 25.4 Å². The number of carbonyl (C=O) groups is 1. The van der Waals surface area contributed by atoms with Gasteiger partial charge in [0.2, 0.25) is 5.91 Å². The summed E-state index contributed by atoms with van der Waals surface area (Å²) in [6.45, 7) is -1.45. The monoisotopic (exact) mass is 319 g/mol. The number of hydrogen-bond donors (Lipinski definition) is 4. The lowest BCUT2D eigenvalue weighted by Crippen LogP contribution is -2.49. The second kappa shape index (κ2) is 7.92. The highest BCUT2D eigenvalue weighted by Gasteiger charge is 2.36. The Kier molecular flexibility index (Phi) is 5.92. The van der Waals surface area contributed by atoms with Crippen molar-refractivity contribution in [2.75, 3.05) is 33.0 Å². The van der Waals surface area contributed by atoms with E-state index in [1.54, 1.807) is 0 Å². The van der Waals surface area contributed by atoms with E-state index in [4.69, 9.17) is 4.74 Å². The van der Waals surface area contributed by atoms with E-state index < -0.39 is 31.1 Å². The minimum atomic E-state index is -1.57. The molecule has 6 heteroatoms. The molecule has 0 spiro atoms. The zero-order valence-electron chi connectivity index (χ0n) is 12.7. The van der Waals surface area contributed by atoms with Gasteiger partial charge in [-0.1, -0.05) is 36.4 Å². The maximum atomic E-state index is 11.9. The lowest BCUT2D eigenvalue weighted by Gasteiger charge is -2.25. The molecule has 0 aliphatic heterocycles. The molecule has 0 bridgehead atoms. The van der Waals surface area contributed by atoms with Crippen LogP contribution in [0.1, 0.15) is 0 Å². The standard InChI is InChI=1S/C17H21NO5/c19-10-17(11-20,12-21)16(22)18-8-9-23-15-7-3-5-13-4-1-2-6-14(13)15/h1-7,19-21H,8-12H2,(H,18,22). The largest absolute Gasteiger partial charge is 0.491 e. The Morgan fingerprint density at radius 1 is 1.00 bits per heavy atom. The molecule has 4 N–H and O–H groups in total. The Bertz CT molecular complexity index is 641. The van der Waals surface area contributed by atoms with Crippen LogP contribution in [0.4, 0.5) is 0 Å². The van der Waals surface area contributed by atoms with Crippen LogP contribution in [0, 0.1) is 5.41 Å². The average molecular weight is 319 g/mol. The van der Waals surface area contributed by atoms with Crippen LogP contribution in [0.3, 0.4) is 0 Å². The summed E-state index contributed by atoms with van der Waals surface area (Å²) in [6, 6.07) is 13.6. The molecule has 6 nitrogen and oxygen atoms in total. The lowest BCUT2D eigenvalue weighted by molar-refractivity contribution is -0.139. The van der Waals surface area contributed by atoms with Gasteiger partial charge in [0, 0.05) is 5.39 Å². The van der Waals surface area contributed by atoms with Gasteiger partial charge in [0.1, 0.15) is 17.8 Å². The quantitative estimate of drug-likeness (QED) is 0.525. The molecule has 0 saturated carbocycles. The topological polar surface area (TPSA) is 99.0 Å². The zero-order chi connectivity index (χ0) is 16.7. The van der Waals surface area contributed by atoms with Gasteiger partial charge in [-0.3, -0.25) is 4.79 Å². The van der Waals surface area contributed by atoms with E-state index >= 15 is 0 Å². The second-order valence-corrected chi connectivity index (χ2v) is 5.34. The van der Waals surface area contributed by atoms with Gasteiger partial charge in [-0.2, -0.15) is 0 Å². The van der Waals surface area contributed by atoms with E-state index in [2.05, 4.69) is 5.32 Å². The summed E-state index contributed by atoms with van der Waals surface area (Å²) in [5.41, 5.74) is -1.57. The molecule has 0 fully saturated rings. The van der Waals surface area contributed by atoms with Gasteiger partial charge >= 0.3 is 0 Å². The first-order chi connectivity index (χ1) is 11.2. The maximum absolute atomic E-state index is 11.9. The Morgan fingerprint density at radius 2 is 1.65 bits per heavy atom. The number of aliphatic hydroxyl groups excluding tert-OH is 3. The Labute approximate surface area is 134 Å². The minimum absolute atomic E-state index is 0.198. The first-order valence-corrected chi connectivity index (χ1v) is 7.38. The second-order valence-electron chi connectivity index (χ2n) is 5.34. The number of ether oxygens (including phenoxy) is 1. The lowest BCUT2D eigenvalue weighted by atomic mass is 9.90. The molecular formula is C17H21NO5. The van der Waals surface area contributed by atoms with Crippen molar-refractivity contribution in [1.29, 1.82) is 0 Å². The Hall–Kier alpha value is -2.15. The van der Waals surface area contributed by atoms with E-state index in [-0.39, 0.29) is 13.2 Å². The number of rotatable bonds is 8. The highest BCUT2D eigenvalue weighted by molar-refractivity contribution is 5.88. The van der Waals surface area contributed by atoms with E-state index in [0.717, 1.165) is 16.5 Å². The van der Waals surface area contributed by atoms with Crippen molar-refractivity contribution in [1.82, 2.24) is 5.32 Å². The maximum Gasteiger partial charge on any atom is 0.233 e. The molecule has 1 amide bonds. The number of amides is 1. The van der Waals surface area contributed by atoms with E-state index in [9.17, 15) is 20.1 Å². The van der Waals surface area contributed by atoms with Crippen molar-refractivity contribution < 1.29 is 24.9 Å². The SMILES string of the molecule is O=C(NCCOc1cccc2ccccc12)C(CO)(CO)CO. The predicted molar refractivity (Wildman–Crippen MR) is 86.1 cm³/mol. The van der Waals surface area contributed by atoms with Gasteiger partial charge in [-0.15, -0.1) is 0 Å². The number of hydrogen-bond acceptors (Lipinski definition) is 5. The molecule has 0 aromatic heterocycles. The Morgan fingerprint density at radius 3 is 2.35 bits per heavy atom. The fraction of sp³-hybridized carbons (Fsp3) is 0.353. The summed E-state index contributed by atoms with van der Waals surface area (Å²) in [6.07, 6.45) is 0. The summed E-state index contributed by atoms with van der Waals surface area (Å²) in [4.78, 5) is 11.9. The number of benzene rings is 2. The molecule has 0 heterocycles. The summed E-state index contributed by atoms with van der Waals surface area (Å²) in [5, 5.41) is 32.2. The fourth-order valence-electron chi connectivity index (χ4n) is 2.20. The molecule has 0 aliphatic carbocycles. The number of nitrogens with one attached hydrogen (secondary N) is 1. The van der Waals surface area contributed by atoms with Crippen LogP contribution in [0.2, 0.25) is 0 Å². The highest BCUT2D eigenvalue weighted by Crippen LogP contribution is 2.24. The first kappa shape index (κ1) is 17.2. The van der Waals surface area contributed by atoms with Crippen LogP contribution < -0.4 is 10.1 Å². The third-order valence-electron chi connectivity index (χ3n) is 3.78. The normalized spacial score (nSPS) is 11.4. The molecule has 0 radical (unpaired) electrons. The summed E-state index contributed by atoms with van der Waals surface area (Å²) < 4.78 is 5.68. The summed E-state index contributed by atoms with van der Waals surface area (Å²) in [7, 11) is 0. The molecule has 2 rings (SSSR count). The van der Waals surface area contributed by atoms with Crippen molar-refractivity contribution >= 4 is 16.7 Å². The molecule has 124 valence electrons. The van der Waals surface area contributed by atoms with Gasteiger partial charge in [-0.25, -0.2) is 0 Å². The molecule has 23 heavy (non-hydrogen) atoms.